The number of sulfonamides is 1. The number of rotatable bonds is 7. The molecule has 2 N–H and O–H groups in total. The number of methoxy groups -OCH3 is 1. The average molecular weight is 378 g/mol. The molecule has 2 rings (SSSR count). The van der Waals surface area contributed by atoms with Crippen LogP contribution in [0.1, 0.15) is 11.1 Å². The fraction of sp³-hybridized carbons (Fsp3) is 0.167. The van der Waals surface area contributed by atoms with Gasteiger partial charge in [0.2, 0.25) is 15.9 Å². The smallest absolute Gasteiger partial charge is 0.244 e. The third-order valence-corrected chi connectivity index (χ3v) is 3.91. The standard InChI is InChI=1S/C18H19FN2O4S/c1-25-17-8-6-13(11-16(17)19)7-9-18(22)20-12-14-4-3-5-15(10-14)21-26(2,23)24/h3-11,21H,12H2,1-2H3,(H,20,22)/b9-7+. The first kappa shape index (κ1) is 19.5. The number of carbonyl (C=O) groups excluding carboxylic acids is 1. The van der Waals surface area contributed by atoms with Gasteiger partial charge in [0, 0.05) is 18.3 Å². The normalized spacial score (nSPS) is 11.3. The third kappa shape index (κ3) is 6.21. The summed E-state index contributed by atoms with van der Waals surface area (Å²) < 4.78 is 43.3. The Morgan fingerprint density at radius 1 is 1.23 bits per heavy atom. The number of ether oxygens (including phenoxy) is 1. The highest BCUT2D eigenvalue weighted by molar-refractivity contribution is 7.92. The predicted octanol–water partition coefficient (Wildman–Crippen LogP) is 2.54. The van der Waals surface area contributed by atoms with Crippen LogP contribution in [0.4, 0.5) is 10.1 Å². The fourth-order valence-electron chi connectivity index (χ4n) is 2.17. The van der Waals surface area contributed by atoms with Crippen LogP contribution in [-0.4, -0.2) is 27.7 Å². The lowest BCUT2D eigenvalue weighted by molar-refractivity contribution is -0.116. The van der Waals surface area contributed by atoms with Gasteiger partial charge in [-0.1, -0.05) is 18.2 Å². The molecule has 8 heteroatoms. The molecule has 0 aromatic heterocycles. The molecule has 0 heterocycles. The molecule has 0 saturated heterocycles. The Morgan fingerprint density at radius 3 is 2.65 bits per heavy atom. The van der Waals surface area contributed by atoms with Gasteiger partial charge >= 0.3 is 0 Å². The number of amides is 1. The zero-order valence-electron chi connectivity index (χ0n) is 14.3. The lowest BCUT2D eigenvalue weighted by Gasteiger charge is -2.07. The number of benzene rings is 2. The summed E-state index contributed by atoms with van der Waals surface area (Å²) in [5, 5.41) is 2.68. The Kier molecular flexibility index (Phi) is 6.35. The highest BCUT2D eigenvalue weighted by Gasteiger charge is 2.04. The van der Waals surface area contributed by atoms with E-state index in [9.17, 15) is 17.6 Å². The van der Waals surface area contributed by atoms with Gasteiger partial charge in [0.25, 0.3) is 0 Å². The van der Waals surface area contributed by atoms with Crippen molar-refractivity contribution in [2.24, 2.45) is 0 Å². The Morgan fingerprint density at radius 2 is 2.00 bits per heavy atom. The van der Waals surface area contributed by atoms with Crippen LogP contribution < -0.4 is 14.8 Å². The molecule has 26 heavy (non-hydrogen) atoms. The summed E-state index contributed by atoms with van der Waals surface area (Å²) in [6, 6.07) is 11.1. The average Bonchev–Trinajstić information content (AvgIpc) is 2.57. The molecule has 6 nitrogen and oxygen atoms in total. The number of nitrogens with one attached hydrogen (secondary N) is 2. The van der Waals surface area contributed by atoms with Crippen molar-refractivity contribution in [3.05, 3.63) is 65.5 Å². The van der Waals surface area contributed by atoms with Crippen molar-refractivity contribution < 1.29 is 22.3 Å². The lowest BCUT2D eigenvalue weighted by Crippen LogP contribution is -2.20. The number of halogens is 1. The Hall–Kier alpha value is -2.87. The minimum absolute atomic E-state index is 0.134. The summed E-state index contributed by atoms with van der Waals surface area (Å²) in [5.74, 6) is -0.734. The molecule has 0 spiro atoms. The SMILES string of the molecule is COc1ccc(/C=C/C(=O)NCc2cccc(NS(C)(=O)=O)c2)cc1F. The van der Waals surface area contributed by atoms with E-state index >= 15 is 0 Å². The molecule has 0 unspecified atom stereocenters. The zero-order valence-corrected chi connectivity index (χ0v) is 15.1. The van der Waals surface area contributed by atoms with E-state index in [1.165, 1.54) is 31.4 Å². The van der Waals surface area contributed by atoms with Crippen molar-refractivity contribution in [1.29, 1.82) is 0 Å². The molecule has 2 aromatic carbocycles. The third-order valence-electron chi connectivity index (χ3n) is 3.30. The number of hydrogen-bond acceptors (Lipinski definition) is 4. The quantitative estimate of drug-likeness (QED) is 0.725. The van der Waals surface area contributed by atoms with E-state index in [-0.39, 0.29) is 18.2 Å². The first-order valence-electron chi connectivity index (χ1n) is 7.63. The maximum absolute atomic E-state index is 13.6. The van der Waals surface area contributed by atoms with Crippen molar-refractivity contribution in [3.8, 4) is 5.75 Å². The van der Waals surface area contributed by atoms with E-state index in [2.05, 4.69) is 10.0 Å². The summed E-state index contributed by atoms with van der Waals surface area (Å²) in [6.07, 6.45) is 3.84. The lowest BCUT2D eigenvalue weighted by atomic mass is 10.2. The maximum Gasteiger partial charge on any atom is 0.244 e. The molecule has 0 fully saturated rings. The van der Waals surface area contributed by atoms with Gasteiger partial charge in [-0.3, -0.25) is 9.52 Å². The zero-order chi connectivity index (χ0) is 19.2. The highest BCUT2D eigenvalue weighted by Crippen LogP contribution is 2.18. The second-order valence-corrected chi connectivity index (χ2v) is 7.27. The largest absolute Gasteiger partial charge is 0.494 e. The summed E-state index contributed by atoms with van der Waals surface area (Å²) in [4.78, 5) is 11.9. The number of anilines is 1. The van der Waals surface area contributed by atoms with E-state index in [4.69, 9.17) is 4.74 Å². The molecule has 0 radical (unpaired) electrons. The minimum Gasteiger partial charge on any atom is -0.494 e. The van der Waals surface area contributed by atoms with Crippen LogP contribution in [0, 0.1) is 5.82 Å². The predicted molar refractivity (Wildman–Crippen MR) is 98.7 cm³/mol. The molecule has 0 bridgehead atoms. The van der Waals surface area contributed by atoms with Crippen LogP contribution in [0.15, 0.2) is 48.5 Å². The molecular weight excluding hydrogens is 359 g/mol. The topological polar surface area (TPSA) is 84.5 Å². The van der Waals surface area contributed by atoms with E-state index in [1.54, 1.807) is 30.3 Å². The van der Waals surface area contributed by atoms with E-state index in [1.807, 2.05) is 0 Å². The van der Waals surface area contributed by atoms with Crippen molar-refractivity contribution >= 4 is 27.7 Å². The summed E-state index contributed by atoms with van der Waals surface area (Å²) in [7, 11) is -1.98. The Bertz CT molecular complexity index is 927. The molecule has 0 saturated carbocycles. The second-order valence-electron chi connectivity index (χ2n) is 5.52. The number of hydrogen-bond donors (Lipinski definition) is 2. The van der Waals surface area contributed by atoms with Crippen molar-refractivity contribution in [2.75, 3.05) is 18.1 Å². The molecular formula is C18H19FN2O4S. The molecule has 138 valence electrons. The molecule has 1 amide bonds. The van der Waals surface area contributed by atoms with E-state index in [0.29, 0.717) is 11.3 Å². The summed E-state index contributed by atoms with van der Waals surface area (Å²) in [6.45, 7) is 0.222. The molecule has 0 aliphatic rings. The Balaban J connectivity index is 1.94. The highest BCUT2D eigenvalue weighted by atomic mass is 32.2. The maximum atomic E-state index is 13.6. The monoisotopic (exact) mass is 378 g/mol. The van der Waals surface area contributed by atoms with Crippen LogP contribution in [0.5, 0.6) is 5.75 Å². The van der Waals surface area contributed by atoms with E-state index < -0.39 is 15.8 Å². The van der Waals surface area contributed by atoms with Crippen molar-refractivity contribution in [3.63, 3.8) is 0 Å². The van der Waals surface area contributed by atoms with Crippen LogP contribution in [0.2, 0.25) is 0 Å². The molecule has 0 atom stereocenters. The first-order chi connectivity index (χ1) is 12.3. The van der Waals surface area contributed by atoms with Gasteiger partial charge in [-0.2, -0.15) is 0 Å². The molecule has 0 aliphatic carbocycles. The minimum atomic E-state index is -3.36. The van der Waals surface area contributed by atoms with Gasteiger partial charge in [0.15, 0.2) is 11.6 Å². The van der Waals surface area contributed by atoms with Crippen molar-refractivity contribution in [2.45, 2.75) is 6.54 Å². The van der Waals surface area contributed by atoms with Gasteiger partial charge in [-0.25, -0.2) is 12.8 Å². The van der Waals surface area contributed by atoms with Crippen LogP contribution in [-0.2, 0) is 21.4 Å². The summed E-state index contributed by atoms with van der Waals surface area (Å²) in [5.41, 5.74) is 1.68. The number of carbonyl (C=O) groups is 1. The first-order valence-corrected chi connectivity index (χ1v) is 9.52. The van der Waals surface area contributed by atoms with Gasteiger partial charge in [0.05, 0.1) is 13.4 Å². The van der Waals surface area contributed by atoms with Gasteiger partial charge < -0.3 is 10.1 Å². The second kappa shape index (κ2) is 8.48. The van der Waals surface area contributed by atoms with Gasteiger partial charge in [-0.15, -0.1) is 0 Å². The van der Waals surface area contributed by atoms with Crippen LogP contribution in [0.25, 0.3) is 6.08 Å². The van der Waals surface area contributed by atoms with Crippen LogP contribution >= 0.6 is 0 Å². The van der Waals surface area contributed by atoms with Gasteiger partial charge in [0.1, 0.15) is 0 Å². The van der Waals surface area contributed by atoms with Gasteiger partial charge in [-0.05, 0) is 41.5 Å². The van der Waals surface area contributed by atoms with Crippen LogP contribution in [0.3, 0.4) is 0 Å². The summed E-state index contributed by atoms with van der Waals surface area (Å²) >= 11 is 0. The fourth-order valence-corrected chi connectivity index (χ4v) is 2.72. The molecule has 0 aliphatic heterocycles. The van der Waals surface area contributed by atoms with Crippen molar-refractivity contribution in [1.82, 2.24) is 5.32 Å². The Labute approximate surface area is 151 Å². The molecule has 2 aromatic rings. The van der Waals surface area contributed by atoms with E-state index in [0.717, 1.165) is 11.8 Å².